The molecule has 1 heterocycles. The van der Waals surface area contributed by atoms with Crippen LogP contribution >= 0.6 is 0 Å². The van der Waals surface area contributed by atoms with Gasteiger partial charge in [0.25, 0.3) is 5.91 Å². The van der Waals surface area contributed by atoms with Crippen LogP contribution in [-0.4, -0.2) is 21.2 Å². The minimum absolute atomic E-state index is 0.182. The molecule has 1 N–H and O–H groups in total. The normalized spacial score (nSPS) is 10.8. The van der Waals surface area contributed by atoms with Crippen LogP contribution in [0.5, 0.6) is 0 Å². The Kier molecular flexibility index (Phi) is 5.06. The Morgan fingerprint density at radius 3 is 2.12 bits per heavy atom. The van der Waals surface area contributed by atoms with Crippen molar-refractivity contribution in [2.24, 2.45) is 0 Å². The number of rotatable bonds is 5. The average molecular weight is 417 g/mol. The monoisotopic (exact) mass is 417 g/mol. The van der Waals surface area contributed by atoms with E-state index in [9.17, 15) is 9.59 Å². The van der Waals surface area contributed by atoms with Gasteiger partial charge in [0.2, 0.25) is 0 Å². The highest BCUT2D eigenvalue weighted by Crippen LogP contribution is 2.21. The number of fused-ring (bicyclic) bond motifs is 1. The third-order valence-electron chi connectivity index (χ3n) is 5.31. The Hall–Kier alpha value is -4.51. The van der Waals surface area contributed by atoms with Crippen molar-refractivity contribution >= 4 is 28.4 Å². The van der Waals surface area contributed by atoms with Gasteiger partial charge in [-0.2, -0.15) is 0 Å². The van der Waals surface area contributed by atoms with Gasteiger partial charge in [0.1, 0.15) is 6.33 Å². The van der Waals surface area contributed by atoms with E-state index in [1.807, 2.05) is 59.2 Å². The van der Waals surface area contributed by atoms with Gasteiger partial charge in [0.15, 0.2) is 5.78 Å². The molecular formula is C27H19N3O2. The molecular weight excluding hydrogens is 398 g/mol. The number of carbonyl (C=O) groups is 2. The maximum absolute atomic E-state index is 13.0. The second kappa shape index (κ2) is 8.32. The minimum Gasteiger partial charge on any atom is -0.322 e. The van der Waals surface area contributed by atoms with Crippen LogP contribution in [0.2, 0.25) is 0 Å². The number of hydrogen-bond acceptors (Lipinski definition) is 3. The molecule has 1 aromatic heterocycles. The van der Waals surface area contributed by atoms with Gasteiger partial charge in [0, 0.05) is 22.5 Å². The van der Waals surface area contributed by atoms with Crippen LogP contribution in [0.15, 0.2) is 109 Å². The maximum Gasteiger partial charge on any atom is 0.256 e. The van der Waals surface area contributed by atoms with E-state index < -0.39 is 0 Å². The summed E-state index contributed by atoms with van der Waals surface area (Å²) in [5.41, 5.74) is 4.78. The van der Waals surface area contributed by atoms with Crippen molar-refractivity contribution < 1.29 is 9.59 Å². The predicted molar refractivity (Wildman–Crippen MR) is 125 cm³/mol. The molecule has 0 fully saturated rings. The first-order chi connectivity index (χ1) is 15.7. The molecule has 5 nitrogen and oxygen atoms in total. The van der Waals surface area contributed by atoms with Gasteiger partial charge in [-0.15, -0.1) is 0 Å². The van der Waals surface area contributed by atoms with Crippen molar-refractivity contribution in [1.82, 2.24) is 9.55 Å². The predicted octanol–water partition coefficient (Wildman–Crippen LogP) is 5.51. The summed E-state index contributed by atoms with van der Waals surface area (Å²) in [6.45, 7) is 0. The quantitative estimate of drug-likeness (QED) is 0.384. The Balaban J connectivity index is 1.39. The number of anilines is 1. The number of ketones is 1. The van der Waals surface area contributed by atoms with Crippen LogP contribution in [0.3, 0.4) is 0 Å². The molecule has 0 spiro atoms. The second-order valence-corrected chi connectivity index (χ2v) is 7.35. The van der Waals surface area contributed by atoms with Crippen LogP contribution in [0, 0.1) is 0 Å². The largest absolute Gasteiger partial charge is 0.322 e. The van der Waals surface area contributed by atoms with Gasteiger partial charge in [-0.05, 0) is 42.5 Å². The lowest BCUT2D eigenvalue weighted by atomic mass is 9.98. The fourth-order valence-corrected chi connectivity index (χ4v) is 3.69. The van der Waals surface area contributed by atoms with Crippen LogP contribution in [0.4, 0.5) is 5.69 Å². The third kappa shape index (κ3) is 3.68. The molecule has 0 aliphatic carbocycles. The highest BCUT2D eigenvalue weighted by atomic mass is 16.2. The molecule has 0 aliphatic rings. The highest BCUT2D eigenvalue weighted by Gasteiger charge is 2.18. The zero-order valence-corrected chi connectivity index (χ0v) is 17.1. The van der Waals surface area contributed by atoms with E-state index in [4.69, 9.17) is 0 Å². The van der Waals surface area contributed by atoms with Gasteiger partial charge in [-0.3, -0.25) is 14.2 Å². The SMILES string of the molecule is O=C(Nc1ccc(-n2cnc3ccccc32)cc1)c1ccccc1C(=O)c1ccccc1. The van der Waals surface area contributed by atoms with Crippen LogP contribution in [0.1, 0.15) is 26.3 Å². The molecule has 32 heavy (non-hydrogen) atoms. The third-order valence-corrected chi connectivity index (χ3v) is 5.31. The standard InChI is InChI=1S/C27H19N3O2/c31-26(19-8-2-1-3-9-19)22-10-4-5-11-23(22)27(32)29-20-14-16-21(17-15-20)30-18-28-24-12-6-7-13-25(24)30/h1-18H,(H,29,32). The number of para-hydroxylation sites is 2. The number of amides is 1. The number of nitrogens with zero attached hydrogens (tertiary/aromatic N) is 2. The van der Waals surface area contributed by atoms with E-state index in [1.165, 1.54) is 0 Å². The van der Waals surface area contributed by atoms with E-state index in [1.54, 1.807) is 54.9 Å². The topological polar surface area (TPSA) is 64.0 Å². The zero-order valence-electron chi connectivity index (χ0n) is 17.1. The number of carbonyl (C=O) groups excluding carboxylic acids is 2. The Morgan fingerprint density at radius 1 is 0.688 bits per heavy atom. The Labute approximate surface area is 185 Å². The van der Waals surface area contributed by atoms with E-state index >= 15 is 0 Å². The molecule has 0 saturated carbocycles. The lowest BCUT2D eigenvalue weighted by Gasteiger charge is -2.11. The van der Waals surface area contributed by atoms with Crippen molar-refractivity contribution in [1.29, 1.82) is 0 Å². The first-order valence-corrected chi connectivity index (χ1v) is 10.2. The summed E-state index contributed by atoms with van der Waals surface area (Å²) in [5, 5.41) is 2.90. The van der Waals surface area contributed by atoms with Crippen molar-refractivity contribution in [3.8, 4) is 5.69 Å². The van der Waals surface area contributed by atoms with Crippen LogP contribution in [-0.2, 0) is 0 Å². The molecule has 5 rings (SSSR count). The molecule has 4 aromatic carbocycles. The van der Waals surface area contributed by atoms with Gasteiger partial charge < -0.3 is 5.32 Å². The first-order valence-electron chi connectivity index (χ1n) is 10.2. The number of nitrogens with one attached hydrogen (secondary N) is 1. The Morgan fingerprint density at radius 2 is 1.34 bits per heavy atom. The second-order valence-electron chi connectivity index (χ2n) is 7.35. The highest BCUT2D eigenvalue weighted by molar-refractivity contribution is 6.17. The van der Waals surface area contributed by atoms with Crippen LogP contribution in [0.25, 0.3) is 16.7 Å². The number of benzene rings is 4. The first kappa shape index (κ1) is 19.5. The lowest BCUT2D eigenvalue weighted by Crippen LogP contribution is -2.17. The van der Waals surface area contributed by atoms with E-state index in [-0.39, 0.29) is 11.7 Å². The van der Waals surface area contributed by atoms with Crippen LogP contribution < -0.4 is 5.32 Å². The lowest BCUT2D eigenvalue weighted by molar-refractivity contribution is 0.0996. The molecule has 5 heteroatoms. The maximum atomic E-state index is 13.0. The smallest absolute Gasteiger partial charge is 0.256 e. The molecule has 0 bridgehead atoms. The number of hydrogen-bond donors (Lipinski definition) is 1. The summed E-state index contributed by atoms with van der Waals surface area (Å²) in [5.74, 6) is -0.510. The fourth-order valence-electron chi connectivity index (χ4n) is 3.69. The molecule has 5 aromatic rings. The molecule has 0 unspecified atom stereocenters. The van der Waals surface area contributed by atoms with Crippen molar-refractivity contribution in [2.45, 2.75) is 0 Å². The summed E-state index contributed by atoms with van der Waals surface area (Å²) < 4.78 is 1.99. The van der Waals surface area contributed by atoms with Gasteiger partial charge in [-0.25, -0.2) is 4.98 Å². The summed E-state index contributed by atoms with van der Waals surface area (Å²) in [7, 11) is 0. The molecule has 0 radical (unpaired) electrons. The molecule has 154 valence electrons. The van der Waals surface area contributed by atoms with Gasteiger partial charge >= 0.3 is 0 Å². The van der Waals surface area contributed by atoms with E-state index in [2.05, 4.69) is 10.3 Å². The summed E-state index contributed by atoms with van der Waals surface area (Å²) in [4.78, 5) is 30.3. The van der Waals surface area contributed by atoms with E-state index in [0.717, 1.165) is 16.7 Å². The summed E-state index contributed by atoms with van der Waals surface area (Å²) in [6.07, 6.45) is 1.78. The van der Waals surface area contributed by atoms with Crippen molar-refractivity contribution in [3.63, 3.8) is 0 Å². The van der Waals surface area contributed by atoms with Gasteiger partial charge in [-0.1, -0.05) is 60.7 Å². The van der Waals surface area contributed by atoms with E-state index in [0.29, 0.717) is 22.4 Å². The Bertz CT molecular complexity index is 1420. The summed E-state index contributed by atoms with van der Waals surface area (Å²) in [6, 6.07) is 31.2. The number of aromatic nitrogens is 2. The molecule has 0 aliphatic heterocycles. The molecule has 0 atom stereocenters. The van der Waals surface area contributed by atoms with Crippen molar-refractivity contribution in [2.75, 3.05) is 5.32 Å². The average Bonchev–Trinajstić information content (AvgIpc) is 3.29. The van der Waals surface area contributed by atoms with Crippen molar-refractivity contribution in [3.05, 3.63) is 126 Å². The zero-order chi connectivity index (χ0) is 21.9. The number of imidazole rings is 1. The van der Waals surface area contributed by atoms with Gasteiger partial charge in [0.05, 0.1) is 16.6 Å². The molecule has 1 amide bonds. The minimum atomic E-state index is -0.328. The molecule has 0 saturated heterocycles. The fraction of sp³-hybridized carbons (Fsp3) is 0. The summed E-state index contributed by atoms with van der Waals surface area (Å²) >= 11 is 0.